The predicted molar refractivity (Wildman–Crippen MR) is 67.4 cm³/mol. The highest BCUT2D eigenvalue weighted by atomic mass is 16.5. The lowest BCUT2D eigenvalue weighted by atomic mass is 9.89. The Morgan fingerprint density at radius 3 is 1.67 bits per heavy atom. The van der Waals surface area contributed by atoms with Crippen LogP contribution in [0.5, 0.6) is 0 Å². The molecular formula is C14H18O4. The summed E-state index contributed by atoms with van der Waals surface area (Å²) < 4.78 is 9.38. The molecule has 0 aliphatic rings. The van der Waals surface area contributed by atoms with Crippen molar-refractivity contribution in [3.63, 3.8) is 0 Å². The number of ether oxygens (including phenoxy) is 2. The van der Waals surface area contributed by atoms with E-state index >= 15 is 0 Å². The quantitative estimate of drug-likeness (QED) is 0.608. The van der Waals surface area contributed by atoms with E-state index in [0.29, 0.717) is 5.56 Å². The van der Waals surface area contributed by atoms with Gasteiger partial charge in [0.15, 0.2) is 5.92 Å². The van der Waals surface area contributed by atoms with Crippen LogP contribution in [-0.4, -0.2) is 26.2 Å². The average molecular weight is 250 g/mol. The van der Waals surface area contributed by atoms with E-state index in [0.717, 1.165) is 16.7 Å². The van der Waals surface area contributed by atoms with Crippen LogP contribution in [0.3, 0.4) is 0 Å². The van der Waals surface area contributed by atoms with Gasteiger partial charge >= 0.3 is 11.9 Å². The molecule has 0 amide bonds. The monoisotopic (exact) mass is 250 g/mol. The van der Waals surface area contributed by atoms with E-state index in [9.17, 15) is 9.59 Å². The van der Waals surface area contributed by atoms with Crippen molar-refractivity contribution < 1.29 is 19.1 Å². The van der Waals surface area contributed by atoms with E-state index in [-0.39, 0.29) is 0 Å². The molecule has 0 bridgehead atoms. The summed E-state index contributed by atoms with van der Waals surface area (Å²) in [6.07, 6.45) is 0. The number of esters is 2. The predicted octanol–water partition coefficient (Wildman–Crippen LogP) is 2.04. The fraction of sp³-hybridized carbons (Fsp3) is 0.429. The van der Waals surface area contributed by atoms with Gasteiger partial charge in [-0.25, -0.2) is 0 Å². The second-order valence-corrected chi connectivity index (χ2v) is 4.29. The van der Waals surface area contributed by atoms with Crippen molar-refractivity contribution in [2.75, 3.05) is 14.2 Å². The van der Waals surface area contributed by atoms with E-state index in [1.165, 1.54) is 14.2 Å². The lowest BCUT2D eigenvalue weighted by Crippen LogP contribution is -2.26. The zero-order valence-corrected chi connectivity index (χ0v) is 11.4. The number of hydrogen-bond acceptors (Lipinski definition) is 4. The van der Waals surface area contributed by atoms with Crippen LogP contribution in [0, 0.1) is 20.8 Å². The molecule has 0 aliphatic carbocycles. The van der Waals surface area contributed by atoms with Crippen LogP contribution in [0.1, 0.15) is 28.2 Å². The Balaban J connectivity index is 3.38. The number of hydrogen-bond donors (Lipinski definition) is 0. The minimum Gasteiger partial charge on any atom is -0.468 e. The molecule has 1 aromatic rings. The van der Waals surface area contributed by atoms with Crippen molar-refractivity contribution in [2.45, 2.75) is 26.7 Å². The highest BCUT2D eigenvalue weighted by Gasteiger charge is 2.33. The molecule has 0 fully saturated rings. The van der Waals surface area contributed by atoms with E-state index in [4.69, 9.17) is 9.47 Å². The largest absolute Gasteiger partial charge is 0.468 e. The van der Waals surface area contributed by atoms with Crippen LogP contribution < -0.4 is 0 Å². The molecule has 0 aliphatic heterocycles. The zero-order chi connectivity index (χ0) is 13.9. The van der Waals surface area contributed by atoms with Crippen LogP contribution in [0.4, 0.5) is 0 Å². The summed E-state index contributed by atoms with van der Waals surface area (Å²) in [6, 6.07) is 3.86. The first-order valence-corrected chi connectivity index (χ1v) is 5.65. The number of rotatable bonds is 3. The molecule has 4 heteroatoms. The van der Waals surface area contributed by atoms with E-state index in [1.54, 1.807) is 0 Å². The van der Waals surface area contributed by atoms with Crippen molar-refractivity contribution >= 4 is 11.9 Å². The Bertz CT molecular complexity index is 438. The fourth-order valence-corrected chi connectivity index (χ4v) is 2.21. The summed E-state index contributed by atoms with van der Waals surface area (Å²) in [5, 5.41) is 0. The van der Waals surface area contributed by atoms with Crippen molar-refractivity contribution in [3.8, 4) is 0 Å². The number of carbonyl (C=O) groups is 2. The Labute approximate surface area is 107 Å². The minimum absolute atomic E-state index is 0.600. The van der Waals surface area contributed by atoms with Crippen molar-refractivity contribution in [1.82, 2.24) is 0 Å². The zero-order valence-electron chi connectivity index (χ0n) is 11.4. The van der Waals surface area contributed by atoms with Gasteiger partial charge < -0.3 is 9.47 Å². The Morgan fingerprint density at radius 2 is 1.33 bits per heavy atom. The molecule has 0 unspecified atom stereocenters. The Morgan fingerprint density at radius 1 is 0.944 bits per heavy atom. The molecule has 4 nitrogen and oxygen atoms in total. The minimum atomic E-state index is -1.01. The third-order valence-corrected chi connectivity index (χ3v) is 2.90. The van der Waals surface area contributed by atoms with Crippen molar-refractivity contribution in [2.24, 2.45) is 0 Å². The van der Waals surface area contributed by atoms with E-state index in [2.05, 4.69) is 0 Å². The number of carbonyl (C=O) groups excluding carboxylic acids is 2. The third-order valence-electron chi connectivity index (χ3n) is 2.90. The van der Waals surface area contributed by atoms with Crippen LogP contribution in [0.15, 0.2) is 12.1 Å². The topological polar surface area (TPSA) is 52.6 Å². The average Bonchev–Trinajstić information content (AvgIpc) is 2.31. The van der Waals surface area contributed by atoms with Gasteiger partial charge in [-0.2, -0.15) is 0 Å². The molecule has 0 saturated heterocycles. The Kier molecular flexibility index (Phi) is 4.48. The van der Waals surface area contributed by atoms with Gasteiger partial charge in [0.1, 0.15) is 0 Å². The van der Waals surface area contributed by atoms with Crippen LogP contribution >= 0.6 is 0 Å². The summed E-state index contributed by atoms with van der Waals surface area (Å²) in [7, 11) is 2.52. The molecule has 1 aromatic carbocycles. The third kappa shape index (κ3) is 2.70. The number of aryl methyl sites for hydroxylation is 3. The standard InChI is InChI=1S/C14H18O4/c1-8-6-9(2)11(10(3)7-8)12(13(15)17-4)14(16)18-5/h6-7,12H,1-5H3. The van der Waals surface area contributed by atoms with E-state index in [1.807, 2.05) is 32.9 Å². The van der Waals surface area contributed by atoms with E-state index < -0.39 is 17.9 Å². The molecule has 18 heavy (non-hydrogen) atoms. The lowest BCUT2D eigenvalue weighted by Gasteiger charge is -2.18. The summed E-state index contributed by atoms with van der Waals surface area (Å²) >= 11 is 0. The SMILES string of the molecule is COC(=O)C(C(=O)OC)c1c(C)cc(C)cc1C. The molecular weight excluding hydrogens is 232 g/mol. The van der Waals surface area contributed by atoms with Gasteiger partial charge in [-0.3, -0.25) is 9.59 Å². The fourth-order valence-electron chi connectivity index (χ4n) is 2.21. The maximum atomic E-state index is 11.8. The summed E-state index contributed by atoms with van der Waals surface area (Å²) in [5.74, 6) is -2.21. The maximum Gasteiger partial charge on any atom is 0.324 e. The van der Waals surface area contributed by atoms with Gasteiger partial charge in [0, 0.05) is 0 Å². The second-order valence-electron chi connectivity index (χ2n) is 4.29. The van der Waals surface area contributed by atoms with Gasteiger partial charge in [-0.15, -0.1) is 0 Å². The molecule has 0 spiro atoms. The van der Waals surface area contributed by atoms with Gasteiger partial charge in [0.25, 0.3) is 0 Å². The van der Waals surface area contributed by atoms with Crippen molar-refractivity contribution in [1.29, 1.82) is 0 Å². The molecule has 0 heterocycles. The van der Waals surface area contributed by atoms with Crippen LogP contribution in [0.25, 0.3) is 0 Å². The lowest BCUT2D eigenvalue weighted by molar-refractivity contribution is -0.154. The van der Waals surface area contributed by atoms with Gasteiger partial charge in [-0.1, -0.05) is 17.7 Å². The highest BCUT2D eigenvalue weighted by molar-refractivity contribution is 6.01. The van der Waals surface area contributed by atoms with Crippen molar-refractivity contribution in [3.05, 3.63) is 34.4 Å². The second kappa shape index (κ2) is 5.67. The maximum absolute atomic E-state index is 11.8. The first kappa shape index (κ1) is 14.2. The van der Waals surface area contributed by atoms with Crippen LogP contribution in [0.2, 0.25) is 0 Å². The highest BCUT2D eigenvalue weighted by Crippen LogP contribution is 2.27. The molecule has 1 rings (SSSR count). The first-order chi connectivity index (χ1) is 8.42. The van der Waals surface area contributed by atoms with Gasteiger partial charge in [0.05, 0.1) is 14.2 Å². The number of benzene rings is 1. The molecule has 98 valence electrons. The van der Waals surface area contributed by atoms with Crippen LogP contribution in [-0.2, 0) is 19.1 Å². The molecule has 0 aromatic heterocycles. The molecule has 0 N–H and O–H groups in total. The first-order valence-electron chi connectivity index (χ1n) is 5.65. The molecule has 0 radical (unpaired) electrons. The normalized spacial score (nSPS) is 10.3. The van der Waals surface area contributed by atoms with Gasteiger partial charge in [-0.05, 0) is 37.5 Å². The summed E-state index contributed by atoms with van der Waals surface area (Å²) in [6.45, 7) is 5.71. The Hall–Kier alpha value is -1.84. The molecule has 0 saturated carbocycles. The smallest absolute Gasteiger partial charge is 0.324 e. The summed E-state index contributed by atoms with van der Waals surface area (Å²) in [5.41, 5.74) is 3.52. The summed E-state index contributed by atoms with van der Waals surface area (Å²) in [4.78, 5) is 23.6. The number of methoxy groups -OCH3 is 2. The van der Waals surface area contributed by atoms with Gasteiger partial charge in [0.2, 0.25) is 0 Å². The molecule has 0 atom stereocenters.